The van der Waals surface area contributed by atoms with Gasteiger partial charge in [0, 0.05) is 17.1 Å². The Morgan fingerprint density at radius 1 is 1.14 bits per heavy atom. The van der Waals surface area contributed by atoms with Crippen LogP contribution >= 0.6 is 0 Å². The topological polar surface area (TPSA) is 115 Å². The van der Waals surface area contributed by atoms with Crippen molar-refractivity contribution in [1.29, 1.82) is 5.26 Å². The quantitative estimate of drug-likeness (QED) is 0.281. The van der Waals surface area contributed by atoms with Crippen molar-refractivity contribution in [3.63, 3.8) is 0 Å². The Hall–Kier alpha value is -4.05. The molecule has 0 saturated carbocycles. The fourth-order valence-electron chi connectivity index (χ4n) is 3.03. The Balaban J connectivity index is 1.48. The van der Waals surface area contributed by atoms with Gasteiger partial charge in [-0.1, -0.05) is 30.3 Å². The second-order valence-corrected chi connectivity index (χ2v) is 6.23. The highest BCUT2D eigenvalue weighted by Crippen LogP contribution is 2.20. The number of benzene rings is 2. The van der Waals surface area contributed by atoms with E-state index < -0.39 is 12.6 Å². The van der Waals surface area contributed by atoms with Crippen molar-refractivity contribution in [3.05, 3.63) is 71.9 Å². The second kappa shape index (κ2) is 7.29. The average Bonchev–Trinajstić information content (AvgIpc) is 3.31. The molecule has 0 aliphatic heterocycles. The smallest absolute Gasteiger partial charge is 0.310 e. The SMILES string of the molecule is N#C/C(=C(/O)COC(=O)Cc1c[nH]c2ccccc12)c1nc2ccccc2[nH]1. The van der Waals surface area contributed by atoms with E-state index >= 15 is 0 Å². The predicted molar refractivity (Wildman–Crippen MR) is 104 cm³/mol. The van der Waals surface area contributed by atoms with Crippen LogP contribution in [0.4, 0.5) is 0 Å². The van der Waals surface area contributed by atoms with Crippen LogP contribution in [0.15, 0.2) is 60.5 Å². The number of aromatic nitrogens is 3. The molecule has 7 heteroatoms. The first-order valence-corrected chi connectivity index (χ1v) is 8.63. The van der Waals surface area contributed by atoms with E-state index in [1.165, 1.54) is 0 Å². The molecule has 0 atom stereocenters. The van der Waals surface area contributed by atoms with Crippen molar-refractivity contribution >= 4 is 33.5 Å². The number of nitrogens with one attached hydrogen (secondary N) is 2. The number of nitriles is 1. The molecule has 0 saturated heterocycles. The van der Waals surface area contributed by atoms with Crippen molar-refractivity contribution in [2.45, 2.75) is 6.42 Å². The molecule has 7 nitrogen and oxygen atoms in total. The van der Waals surface area contributed by atoms with Gasteiger partial charge in [-0.3, -0.25) is 4.79 Å². The summed E-state index contributed by atoms with van der Waals surface area (Å²) in [7, 11) is 0. The number of aromatic amines is 2. The number of nitrogens with zero attached hydrogens (tertiary/aromatic N) is 2. The molecule has 3 N–H and O–H groups in total. The first-order chi connectivity index (χ1) is 13.7. The molecular formula is C21H16N4O3. The van der Waals surface area contributed by atoms with Gasteiger partial charge in [0.15, 0.2) is 11.6 Å². The maximum atomic E-state index is 12.2. The molecule has 4 rings (SSSR count). The van der Waals surface area contributed by atoms with E-state index in [4.69, 9.17) is 4.74 Å². The minimum Gasteiger partial charge on any atom is -0.507 e. The molecule has 28 heavy (non-hydrogen) atoms. The van der Waals surface area contributed by atoms with Crippen LogP contribution in [0.2, 0.25) is 0 Å². The van der Waals surface area contributed by atoms with Gasteiger partial charge in [0.25, 0.3) is 0 Å². The maximum absolute atomic E-state index is 12.2. The average molecular weight is 372 g/mol. The first-order valence-electron chi connectivity index (χ1n) is 8.63. The van der Waals surface area contributed by atoms with Gasteiger partial charge in [0.05, 0.1) is 17.5 Å². The highest BCUT2D eigenvalue weighted by Gasteiger charge is 2.16. The van der Waals surface area contributed by atoms with Gasteiger partial charge in [-0.05, 0) is 23.8 Å². The van der Waals surface area contributed by atoms with E-state index in [1.807, 2.05) is 48.5 Å². The number of carbonyl (C=O) groups is 1. The van der Waals surface area contributed by atoms with E-state index in [2.05, 4.69) is 15.0 Å². The van der Waals surface area contributed by atoms with Crippen LogP contribution < -0.4 is 0 Å². The van der Waals surface area contributed by atoms with E-state index in [-0.39, 0.29) is 23.6 Å². The van der Waals surface area contributed by atoms with Crippen LogP contribution in [0.1, 0.15) is 11.4 Å². The Morgan fingerprint density at radius 3 is 2.68 bits per heavy atom. The minimum absolute atomic E-state index is 0.0592. The Bertz CT molecular complexity index is 1210. The number of para-hydroxylation sites is 3. The molecule has 0 bridgehead atoms. The summed E-state index contributed by atoms with van der Waals surface area (Å²) >= 11 is 0. The van der Waals surface area contributed by atoms with E-state index in [0.717, 1.165) is 22.0 Å². The van der Waals surface area contributed by atoms with Crippen LogP contribution in [0, 0.1) is 11.3 Å². The van der Waals surface area contributed by atoms with Gasteiger partial charge < -0.3 is 19.8 Å². The Kier molecular flexibility index (Phi) is 4.52. The lowest BCUT2D eigenvalue weighted by atomic mass is 10.1. The highest BCUT2D eigenvalue weighted by molar-refractivity contribution is 5.87. The monoisotopic (exact) mass is 372 g/mol. The van der Waals surface area contributed by atoms with E-state index in [0.29, 0.717) is 5.52 Å². The number of carbonyl (C=O) groups excluding carboxylic acids is 1. The highest BCUT2D eigenvalue weighted by atomic mass is 16.5. The molecule has 4 aromatic rings. The molecular weight excluding hydrogens is 356 g/mol. The first kappa shape index (κ1) is 17.4. The summed E-state index contributed by atoms with van der Waals surface area (Å²) < 4.78 is 5.15. The summed E-state index contributed by atoms with van der Waals surface area (Å²) in [5.74, 6) is -0.624. The lowest BCUT2D eigenvalue weighted by Gasteiger charge is -2.05. The number of aliphatic hydroxyl groups is 1. The molecule has 2 aromatic heterocycles. The molecule has 0 aliphatic rings. The summed E-state index contributed by atoms with van der Waals surface area (Å²) in [6, 6.07) is 16.8. The number of hydrogen-bond donors (Lipinski definition) is 3. The van der Waals surface area contributed by atoms with Gasteiger partial charge in [-0.15, -0.1) is 0 Å². The normalized spacial score (nSPS) is 12.0. The Morgan fingerprint density at radius 2 is 1.89 bits per heavy atom. The van der Waals surface area contributed by atoms with Crippen molar-refractivity contribution in [1.82, 2.24) is 15.0 Å². The standard InChI is InChI=1S/C21H16N4O3/c22-10-15(21-24-17-7-3-4-8-18(17)25-21)19(26)12-28-20(27)9-13-11-23-16-6-2-1-5-14(13)16/h1-8,11,23,26H,9,12H2,(H,24,25)/b19-15-. The fraction of sp³-hybridized carbons (Fsp3) is 0.0952. The zero-order valence-electron chi connectivity index (χ0n) is 14.8. The molecule has 0 radical (unpaired) electrons. The van der Waals surface area contributed by atoms with Crippen molar-refractivity contribution in [3.8, 4) is 6.07 Å². The number of imidazole rings is 1. The van der Waals surface area contributed by atoms with Gasteiger partial charge in [-0.25, -0.2) is 4.98 Å². The molecule has 0 fully saturated rings. The van der Waals surface area contributed by atoms with E-state index in [9.17, 15) is 15.2 Å². The van der Waals surface area contributed by atoms with Crippen LogP contribution in [-0.4, -0.2) is 32.6 Å². The molecule has 0 unspecified atom stereocenters. The molecule has 0 amide bonds. The Labute approximate surface area is 159 Å². The summed E-state index contributed by atoms with van der Waals surface area (Å²) in [6.07, 6.45) is 1.82. The van der Waals surface area contributed by atoms with Crippen molar-refractivity contribution in [2.75, 3.05) is 6.61 Å². The number of allylic oxidation sites excluding steroid dienone is 1. The molecule has 2 aromatic carbocycles. The maximum Gasteiger partial charge on any atom is 0.310 e. The number of H-pyrrole nitrogens is 2. The number of esters is 1. The molecule has 0 spiro atoms. The summed E-state index contributed by atoms with van der Waals surface area (Å²) in [6.45, 7) is -0.402. The third-order valence-electron chi connectivity index (χ3n) is 4.41. The number of hydrogen-bond acceptors (Lipinski definition) is 5. The van der Waals surface area contributed by atoms with Crippen LogP contribution in [0.3, 0.4) is 0 Å². The zero-order chi connectivity index (χ0) is 19.5. The lowest BCUT2D eigenvalue weighted by molar-refractivity contribution is -0.142. The third-order valence-corrected chi connectivity index (χ3v) is 4.41. The van der Waals surface area contributed by atoms with Gasteiger partial charge in [0.1, 0.15) is 18.2 Å². The summed E-state index contributed by atoms with van der Waals surface area (Å²) in [5, 5.41) is 20.6. The fourth-order valence-corrected chi connectivity index (χ4v) is 3.03. The van der Waals surface area contributed by atoms with E-state index in [1.54, 1.807) is 12.3 Å². The number of rotatable bonds is 5. The predicted octanol–water partition coefficient (Wildman–Crippen LogP) is 3.62. The van der Waals surface area contributed by atoms with Crippen LogP contribution in [-0.2, 0) is 16.0 Å². The largest absolute Gasteiger partial charge is 0.507 e. The van der Waals surface area contributed by atoms with Gasteiger partial charge in [0.2, 0.25) is 0 Å². The number of fused-ring (bicyclic) bond motifs is 2. The van der Waals surface area contributed by atoms with Gasteiger partial charge >= 0.3 is 5.97 Å². The number of aliphatic hydroxyl groups excluding tert-OH is 1. The minimum atomic E-state index is -0.502. The zero-order valence-corrected chi connectivity index (χ0v) is 14.8. The summed E-state index contributed by atoms with van der Waals surface area (Å²) in [5.41, 5.74) is 3.10. The number of ether oxygens (including phenoxy) is 1. The van der Waals surface area contributed by atoms with Gasteiger partial charge in [-0.2, -0.15) is 5.26 Å². The third kappa shape index (κ3) is 3.31. The summed E-state index contributed by atoms with van der Waals surface area (Å²) in [4.78, 5) is 22.5. The molecule has 2 heterocycles. The van der Waals surface area contributed by atoms with Crippen molar-refractivity contribution in [2.24, 2.45) is 0 Å². The van der Waals surface area contributed by atoms with Crippen LogP contribution in [0.25, 0.3) is 27.5 Å². The molecule has 138 valence electrons. The molecule has 0 aliphatic carbocycles. The second-order valence-electron chi connectivity index (χ2n) is 6.23. The van der Waals surface area contributed by atoms with Crippen molar-refractivity contribution < 1.29 is 14.6 Å². The lowest BCUT2D eigenvalue weighted by Crippen LogP contribution is -2.11. The van der Waals surface area contributed by atoms with Crippen LogP contribution in [0.5, 0.6) is 0 Å².